The van der Waals surface area contributed by atoms with Gasteiger partial charge in [0.2, 0.25) is 0 Å². The van der Waals surface area contributed by atoms with Crippen molar-refractivity contribution in [2.45, 2.75) is 33.7 Å². The molecule has 0 spiro atoms. The van der Waals surface area contributed by atoms with Crippen LogP contribution in [0.15, 0.2) is 18.2 Å². The second-order valence-corrected chi connectivity index (χ2v) is 5.31. The molecule has 1 aromatic carbocycles. The molecular formula is C15H26N2. The molecule has 0 amide bonds. The van der Waals surface area contributed by atoms with Crippen molar-refractivity contribution in [1.29, 1.82) is 0 Å². The molecule has 96 valence electrons. The highest BCUT2D eigenvalue weighted by Gasteiger charge is 2.07. The lowest BCUT2D eigenvalue weighted by Gasteiger charge is -2.22. The summed E-state index contributed by atoms with van der Waals surface area (Å²) in [6, 6.07) is 6.68. The van der Waals surface area contributed by atoms with Crippen LogP contribution in [-0.4, -0.2) is 25.0 Å². The Balaban J connectivity index is 2.55. The fourth-order valence-electron chi connectivity index (χ4n) is 2.23. The Morgan fingerprint density at radius 2 is 2.00 bits per heavy atom. The molecule has 2 N–H and O–H groups in total. The molecule has 17 heavy (non-hydrogen) atoms. The van der Waals surface area contributed by atoms with Crippen LogP contribution in [0.4, 0.5) is 0 Å². The van der Waals surface area contributed by atoms with E-state index in [2.05, 4.69) is 50.9 Å². The molecule has 2 heteroatoms. The van der Waals surface area contributed by atoms with E-state index in [9.17, 15) is 0 Å². The average Bonchev–Trinajstić information content (AvgIpc) is 2.23. The van der Waals surface area contributed by atoms with E-state index in [0.717, 1.165) is 26.1 Å². The first-order valence-corrected chi connectivity index (χ1v) is 6.47. The van der Waals surface area contributed by atoms with Crippen molar-refractivity contribution in [3.8, 4) is 0 Å². The Hall–Kier alpha value is -0.860. The van der Waals surface area contributed by atoms with Gasteiger partial charge in [-0.15, -0.1) is 0 Å². The number of aryl methyl sites for hydroxylation is 2. The molecule has 0 saturated carbocycles. The summed E-state index contributed by atoms with van der Waals surface area (Å²) in [6.07, 6.45) is 1.11. The van der Waals surface area contributed by atoms with E-state index in [1.165, 1.54) is 16.7 Å². The van der Waals surface area contributed by atoms with Gasteiger partial charge in [0, 0.05) is 13.1 Å². The van der Waals surface area contributed by atoms with E-state index < -0.39 is 0 Å². The summed E-state index contributed by atoms with van der Waals surface area (Å²) in [7, 11) is 2.19. The SMILES string of the molecule is Cc1ccc(C)c(CN(C)CC(C)CCN)c1. The summed E-state index contributed by atoms with van der Waals surface area (Å²) >= 11 is 0. The number of nitrogens with zero attached hydrogens (tertiary/aromatic N) is 1. The lowest BCUT2D eigenvalue weighted by atomic mass is 10.0. The van der Waals surface area contributed by atoms with Gasteiger partial charge in [-0.05, 0) is 50.9 Å². The van der Waals surface area contributed by atoms with Crippen LogP contribution < -0.4 is 5.73 Å². The number of nitrogens with two attached hydrogens (primary N) is 1. The number of benzene rings is 1. The molecule has 1 atom stereocenters. The maximum atomic E-state index is 5.58. The first-order valence-electron chi connectivity index (χ1n) is 6.47. The van der Waals surface area contributed by atoms with Crippen molar-refractivity contribution in [3.63, 3.8) is 0 Å². The van der Waals surface area contributed by atoms with Crippen molar-refractivity contribution in [2.75, 3.05) is 20.1 Å². The summed E-state index contributed by atoms with van der Waals surface area (Å²) in [5.74, 6) is 0.676. The first-order chi connectivity index (χ1) is 8.02. The molecule has 0 radical (unpaired) electrons. The van der Waals surface area contributed by atoms with Crippen LogP contribution in [0.2, 0.25) is 0 Å². The van der Waals surface area contributed by atoms with Crippen molar-refractivity contribution in [2.24, 2.45) is 11.7 Å². The van der Waals surface area contributed by atoms with Crippen LogP contribution in [0, 0.1) is 19.8 Å². The summed E-state index contributed by atoms with van der Waals surface area (Å²) in [5.41, 5.74) is 9.75. The molecule has 0 saturated heterocycles. The summed E-state index contributed by atoms with van der Waals surface area (Å²) in [6.45, 7) is 9.55. The van der Waals surface area contributed by atoms with Crippen LogP contribution >= 0.6 is 0 Å². The predicted octanol–water partition coefficient (Wildman–Crippen LogP) is 2.72. The zero-order valence-electron chi connectivity index (χ0n) is 11.7. The van der Waals surface area contributed by atoms with Gasteiger partial charge in [-0.25, -0.2) is 0 Å². The van der Waals surface area contributed by atoms with E-state index in [1.54, 1.807) is 0 Å². The van der Waals surface area contributed by atoms with Crippen LogP contribution in [0.25, 0.3) is 0 Å². The smallest absolute Gasteiger partial charge is 0.0233 e. The molecule has 0 aromatic heterocycles. The minimum absolute atomic E-state index is 0.676. The highest BCUT2D eigenvalue weighted by molar-refractivity contribution is 5.30. The zero-order valence-corrected chi connectivity index (χ0v) is 11.7. The van der Waals surface area contributed by atoms with Crippen molar-refractivity contribution >= 4 is 0 Å². The van der Waals surface area contributed by atoms with E-state index in [1.807, 2.05) is 0 Å². The van der Waals surface area contributed by atoms with Gasteiger partial charge in [-0.2, -0.15) is 0 Å². The maximum Gasteiger partial charge on any atom is 0.0233 e. The number of hydrogen-bond acceptors (Lipinski definition) is 2. The van der Waals surface area contributed by atoms with E-state index in [0.29, 0.717) is 5.92 Å². The minimum atomic E-state index is 0.676. The van der Waals surface area contributed by atoms with Gasteiger partial charge >= 0.3 is 0 Å². The second kappa shape index (κ2) is 6.77. The van der Waals surface area contributed by atoms with Gasteiger partial charge in [0.15, 0.2) is 0 Å². The van der Waals surface area contributed by atoms with Crippen LogP contribution in [0.3, 0.4) is 0 Å². The Morgan fingerprint density at radius 3 is 2.65 bits per heavy atom. The Bertz CT molecular complexity index is 347. The molecule has 0 heterocycles. The zero-order chi connectivity index (χ0) is 12.8. The molecule has 2 nitrogen and oxygen atoms in total. The highest BCUT2D eigenvalue weighted by Crippen LogP contribution is 2.13. The Kier molecular flexibility index (Phi) is 5.66. The van der Waals surface area contributed by atoms with Gasteiger partial charge in [0.1, 0.15) is 0 Å². The topological polar surface area (TPSA) is 29.3 Å². The highest BCUT2D eigenvalue weighted by atomic mass is 15.1. The number of hydrogen-bond donors (Lipinski definition) is 1. The van der Waals surface area contributed by atoms with E-state index in [-0.39, 0.29) is 0 Å². The van der Waals surface area contributed by atoms with Gasteiger partial charge in [0.25, 0.3) is 0 Å². The van der Waals surface area contributed by atoms with E-state index in [4.69, 9.17) is 5.73 Å². The molecule has 0 aliphatic heterocycles. The standard InChI is InChI=1S/C15H26N2/c1-12-5-6-14(3)15(9-12)11-17(4)10-13(2)7-8-16/h5-6,9,13H,7-8,10-11,16H2,1-4H3. The second-order valence-electron chi connectivity index (χ2n) is 5.31. The lowest BCUT2D eigenvalue weighted by Crippen LogP contribution is -2.25. The summed E-state index contributed by atoms with van der Waals surface area (Å²) in [4.78, 5) is 2.39. The van der Waals surface area contributed by atoms with Gasteiger partial charge < -0.3 is 10.6 Å². The van der Waals surface area contributed by atoms with E-state index >= 15 is 0 Å². The Morgan fingerprint density at radius 1 is 1.29 bits per heavy atom. The third-order valence-electron chi connectivity index (χ3n) is 3.23. The van der Waals surface area contributed by atoms with Crippen molar-refractivity contribution < 1.29 is 0 Å². The maximum absolute atomic E-state index is 5.58. The van der Waals surface area contributed by atoms with Gasteiger partial charge in [-0.3, -0.25) is 0 Å². The van der Waals surface area contributed by atoms with Gasteiger partial charge in [-0.1, -0.05) is 30.7 Å². The largest absolute Gasteiger partial charge is 0.330 e. The van der Waals surface area contributed by atoms with Crippen molar-refractivity contribution in [3.05, 3.63) is 34.9 Å². The lowest BCUT2D eigenvalue weighted by molar-refractivity contribution is 0.272. The summed E-state index contributed by atoms with van der Waals surface area (Å²) < 4.78 is 0. The molecule has 0 fully saturated rings. The van der Waals surface area contributed by atoms with Crippen LogP contribution in [-0.2, 0) is 6.54 Å². The molecule has 1 rings (SSSR count). The Labute approximate surface area is 106 Å². The minimum Gasteiger partial charge on any atom is -0.330 e. The normalized spacial score (nSPS) is 13.1. The molecule has 1 unspecified atom stereocenters. The van der Waals surface area contributed by atoms with Crippen LogP contribution in [0.5, 0.6) is 0 Å². The number of rotatable bonds is 6. The fraction of sp³-hybridized carbons (Fsp3) is 0.600. The monoisotopic (exact) mass is 234 g/mol. The first kappa shape index (κ1) is 14.2. The molecule has 0 aliphatic rings. The van der Waals surface area contributed by atoms with Crippen molar-refractivity contribution in [1.82, 2.24) is 4.90 Å². The quantitative estimate of drug-likeness (QED) is 0.820. The molecule has 1 aromatic rings. The average molecular weight is 234 g/mol. The summed E-state index contributed by atoms with van der Waals surface area (Å²) in [5, 5.41) is 0. The molecular weight excluding hydrogens is 208 g/mol. The predicted molar refractivity (Wildman–Crippen MR) is 75.1 cm³/mol. The third kappa shape index (κ3) is 4.88. The van der Waals surface area contributed by atoms with Crippen LogP contribution in [0.1, 0.15) is 30.0 Å². The molecule has 0 aliphatic carbocycles. The molecule has 0 bridgehead atoms. The fourth-order valence-corrected chi connectivity index (χ4v) is 2.23. The van der Waals surface area contributed by atoms with Gasteiger partial charge in [0.05, 0.1) is 0 Å². The third-order valence-corrected chi connectivity index (χ3v) is 3.23.